The number of pyridine rings is 1. The number of carbonyl (C=O) groups excluding carboxylic acids is 2. The molecule has 0 N–H and O–H groups in total. The van der Waals surface area contributed by atoms with Gasteiger partial charge in [-0.3, -0.25) is 14.5 Å². The molecular formula is C24H24F3N3O4. The first-order valence-electron chi connectivity index (χ1n) is 11.0. The molecule has 3 heterocycles. The quantitative estimate of drug-likeness (QED) is 0.681. The first kappa shape index (κ1) is 22.8. The highest BCUT2D eigenvalue weighted by atomic mass is 19.4. The van der Waals surface area contributed by atoms with E-state index in [0.717, 1.165) is 35.4 Å². The molecular weight excluding hydrogens is 451 g/mol. The number of amides is 2. The molecule has 2 saturated heterocycles. The highest BCUT2D eigenvalue weighted by molar-refractivity contribution is 6.11. The average molecular weight is 475 g/mol. The van der Waals surface area contributed by atoms with Crippen LogP contribution in [0.25, 0.3) is 0 Å². The van der Waals surface area contributed by atoms with E-state index < -0.39 is 47.6 Å². The van der Waals surface area contributed by atoms with Crippen LogP contribution in [0.2, 0.25) is 0 Å². The molecule has 3 atom stereocenters. The zero-order valence-electron chi connectivity index (χ0n) is 19.1. The lowest BCUT2D eigenvalue weighted by Crippen LogP contribution is -2.51. The van der Waals surface area contributed by atoms with Gasteiger partial charge in [0.2, 0.25) is 0 Å². The first-order valence-corrected chi connectivity index (χ1v) is 11.0. The van der Waals surface area contributed by atoms with Crippen molar-refractivity contribution < 1.29 is 32.2 Å². The Morgan fingerprint density at radius 3 is 2.47 bits per heavy atom. The lowest BCUT2D eigenvalue weighted by Gasteiger charge is -2.32. The summed E-state index contributed by atoms with van der Waals surface area (Å²) >= 11 is 0. The number of aromatic nitrogens is 1. The number of likely N-dealkylation sites (N-methyl/N-ethyl adjacent to an activating group) is 1. The number of hydrogen-bond donors (Lipinski definition) is 0. The molecule has 1 aromatic heterocycles. The van der Waals surface area contributed by atoms with Crippen LogP contribution in [-0.2, 0) is 38.1 Å². The molecule has 2 amide bonds. The molecule has 2 aromatic rings. The van der Waals surface area contributed by atoms with Gasteiger partial charge in [0, 0.05) is 18.4 Å². The number of alkyl halides is 3. The Morgan fingerprint density at radius 2 is 1.85 bits per heavy atom. The minimum atomic E-state index is -4.64. The van der Waals surface area contributed by atoms with Crippen molar-refractivity contribution in [2.45, 2.75) is 63.8 Å². The van der Waals surface area contributed by atoms with Crippen molar-refractivity contribution in [3.63, 3.8) is 0 Å². The number of aryl methyl sites for hydroxylation is 3. The Balaban J connectivity index is 1.57. The summed E-state index contributed by atoms with van der Waals surface area (Å²) in [7, 11) is 1.57. The van der Waals surface area contributed by atoms with E-state index in [2.05, 4.69) is 4.98 Å². The van der Waals surface area contributed by atoms with Gasteiger partial charge >= 0.3 is 6.18 Å². The Hall–Kier alpha value is -2.98. The summed E-state index contributed by atoms with van der Waals surface area (Å²) in [6.07, 6.45) is -4.87. The Kier molecular flexibility index (Phi) is 5.04. The summed E-state index contributed by atoms with van der Waals surface area (Å²) in [4.78, 5) is 33.7. The second-order valence-corrected chi connectivity index (χ2v) is 9.38. The molecule has 3 aliphatic rings. The van der Waals surface area contributed by atoms with E-state index >= 15 is 0 Å². The molecule has 0 radical (unpaired) electrons. The zero-order chi connectivity index (χ0) is 24.6. The third-order valence-corrected chi connectivity index (χ3v) is 6.54. The van der Waals surface area contributed by atoms with Gasteiger partial charge in [-0.05, 0) is 69.0 Å². The van der Waals surface area contributed by atoms with Crippen LogP contribution in [0.1, 0.15) is 36.2 Å². The Labute approximate surface area is 194 Å². The third-order valence-electron chi connectivity index (χ3n) is 6.54. The molecule has 34 heavy (non-hydrogen) atoms. The van der Waals surface area contributed by atoms with Crippen LogP contribution in [0, 0.1) is 6.92 Å². The standard InChI is InChI=1S/C24H24F3N3O4/c1-12-9-15(24(25,26)27)11-17(28-12)30-18(19-20(22(30)32)34-23(2,3)33-19)21(31)29(4)16-8-7-13-5-6-14(13)10-16/h7-11,18-20H,5-6H2,1-4H3/t18-,19?,20?/m0/s1. The summed E-state index contributed by atoms with van der Waals surface area (Å²) in [5.74, 6) is -2.55. The highest BCUT2D eigenvalue weighted by Crippen LogP contribution is 2.41. The number of anilines is 2. The van der Waals surface area contributed by atoms with E-state index in [1.165, 1.54) is 17.4 Å². The van der Waals surface area contributed by atoms with Crippen LogP contribution >= 0.6 is 0 Å². The van der Waals surface area contributed by atoms with Crippen molar-refractivity contribution >= 4 is 23.3 Å². The van der Waals surface area contributed by atoms with Crippen LogP contribution in [0.15, 0.2) is 30.3 Å². The van der Waals surface area contributed by atoms with Gasteiger partial charge in [0.1, 0.15) is 18.0 Å². The predicted octanol–water partition coefficient (Wildman–Crippen LogP) is 3.41. The number of fused-ring (bicyclic) bond motifs is 2. The minimum absolute atomic E-state index is 0.0683. The van der Waals surface area contributed by atoms with Crippen LogP contribution in [0.5, 0.6) is 0 Å². The maximum absolute atomic E-state index is 13.8. The smallest absolute Gasteiger partial charge is 0.341 e. The van der Waals surface area contributed by atoms with Crippen LogP contribution in [0.4, 0.5) is 24.7 Å². The van der Waals surface area contributed by atoms with Gasteiger partial charge in [0.05, 0.1) is 5.56 Å². The normalized spacial score (nSPS) is 25.1. The zero-order valence-corrected chi connectivity index (χ0v) is 19.1. The van der Waals surface area contributed by atoms with Gasteiger partial charge < -0.3 is 14.4 Å². The fraction of sp³-hybridized carbons (Fsp3) is 0.458. The SMILES string of the molecule is Cc1cc(C(F)(F)F)cc(N2C(=O)C3OC(C)(C)OC3[C@H]2C(=O)N(C)c2ccc3c(c2)CC3)n1. The second-order valence-electron chi connectivity index (χ2n) is 9.38. The first-order chi connectivity index (χ1) is 15.9. The number of carbonyl (C=O) groups is 2. The van der Waals surface area contributed by atoms with E-state index in [1.807, 2.05) is 18.2 Å². The van der Waals surface area contributed by atoms with Crippen molar-refractivity contribution in [1.29, 1.82) is 0 Å². The fourth-order valence-electron chi connectivity index (χ4n) is 4.79. The van der Waals surface area contributed by atoms with Crippen LogP contribution in [0.3, 0.4) is 0 Å². The molecule has 5 rings (SSSR count). The number of benzene rings is 1. The summed E-state index contributed by atoms with van der Waals surface area (Å²) < 4.78 is 52.1. The number of halogens is 3. The maximum atomic E-state index is 13.8. The van der Waals surface area contributed by atoms with Gasteiger partial charge in [-0.15, -0.1) is 0 Å². The maximum Gasteiger partial charge on any atom is 0.416 e. The molecule has 2 aliphatic heterocycles. The average Bonchev–Trinajstić information content (AvgIpc) is 3.17. The minimum Gasteiger partial charge on any atom is -0.341 e. The Morgan fingerprint density at radius 1 is 1.15 bits per heavy atom. The van der Waals surface area contributed by atoms with E-state index in [-0.39, 0.29) is 11.5 Å². The van der Waals surface area contributed by atoms with Gasteiger partial charge in [-0.1, -0.05) is 6.07 Å². The van der Waals surface area contributed by atoms with E-state index in [4.69, 9.17) is 9.47 Å². The second kappa shape index (κ2) is 7.51. The number of hydrogen-bond acceptors (Lipinski definition) is 5. The Bertz CT molecular complexity index is 1200. The summed E-state index contributed by atoms with van der Waals surface area (Å²) in [6.45, 7) is 4.65. The summed E-state index contributed by atoms with van der Waals surface area (Å²) in [5, 5.41) is 0. The monoisotopic (exact) mass is 475 g/mol. The number of ether oxygens (including phenoxy) is 2. The lowest BCUT2D eigenvalue weighted by atomic mass is 9.88. The van der Waals surface area contributed by atoms with Crippen molar-refractivity contribution in [2.75, 3.05) is 16.8 Å². The molecule has 0 spiro atoms. The molecule has 7 nitrogen and oxygen atoms in total. The van der Waals surface area contributed by atoms with Gasteiger partial charge in [-0.2, -0.15) is 13.2 Å². The van der Waals surface area contributed by atoms with Crippen LogP contribution < -0.4 is 9.80 Å². The number of rotatable bonds is 3. The number of nitrogens with zero attached hydrogens (tertiary/aromatic N) is 3. The molecule has 1 aliphatic carbocycles. The molecule has 0 bridgehead atoms. The van der Waals surface area contributed by atoms with Gasteiger partial charge in [-0.25, -0.2) is 4.98 Å². The van der Waals surface area contributed by atoms with Crippen molar-refractivity contribution in [3.8, 4) is 0 Å². The van der Waals surface area contributed by atoms with Crippen molar-refractivity contribution in [1.82, 2.24) is 4.98 Å². The lowest BCUT2D eigenvalue weighted by molar-refractivity contribution is -0.161. The molecule has 10 heteroatoms. The van der Waals surface area contributed by atoms with E-state index in [0.29, 0.717) is 5.69 Å². The van der Waals surface area contributed by atoms with Crippen molar-refractivity contribution in [2.24, 2.45) is 0 Å². The van der Waals surface area contributed by atoms with Crippen molar-refractivity contribution in [3.05, 3.63) is 52.7 Å². The van der Waals surface area contributed by atoms with Gasteiger partial charge in [0.25, 0.3) is 11.8 Å². The molecule has 0 saturated carbocycles. The largest absolute Gasteiger partial charge is 0.416 e. The van der Waals surface area contributed by atoms with Crippen LogP contribution in [-0.4, -0.2) is 47.9 Å². The topological polar surface area (TPSA) is 72.0 Å². The fourth-order valence-corrected chi connectivity index (χ4v) is 4.79. The molecule has 1 aromatic carbocycles. The summed E-state index contributed by atoms with van der Waals surface area (Å²) in [6, 6.07) is 6.11. The molecule has 180 valence electrons. The van der Waals surface area contributed by atoms with Gasteiger partial charge in [0.15, 0.2) is 11.9 Å². The third kappa shape index (κ3) is 3.65. The molecule has 2 unspecified atom stereocenters. The molecule has 2 fully saturated rings. The van der Waals surface area contributed by atoms with E-state index in [9.17, 15) is 22.8 Å². The predicted molar refractivity (Wildman–Crippen MR) is 116 cm³/mol. The van der Waals surface area contributed by atoms with E-state index in [1.54, 1.807) is 20.9 Å². The summed E-state index contributed by atoms with van der Waals surface area (Å²) in [5.41, 5.74) is 2.11. The highest BCUT2D eigenvalue weighted by Gasteiger charge is 2.61.